The van der Waals surface area contributed by atoms with E-state index in [0.717, 1.165) is 10.8 Å². The molecule has 3 rings (SSSR count). The molecule has 14 heavy (non-hydrogen) atoms. The van der Waals surface area contributed by atoms with Crippen molar-refractivity contribution in [3.8, 4) is 0 Å². The Hall–Kier alpha value is -1.75. The average molecular weight is 206 g/mol. The van der Waals surface area contributed by atoms with Crippen LogP contribution >= 0.6 is 11.6 Å². The van der Waals surface area contributed by atoms with Crippen LogP contribution in [0.3, 0.4) is 0 Å². The summed E-state index contributed by atoms with van der Waals surface area (Å²) < 4.78 is 1.37. The van der Waals surface area contributed by atoms with E-state index in [0.29, 0.717) is 10.7 Å². The molecule has 0 aliphatic heterocycles. The van der Waals surface area contributed by atoms with Gasteiger partial charge in [-0.2, -0.15) is 5.10 Å². The zero-order valence-corrected chi connectivity index (χ0v) is 7.68. The van der Waals surface area contributed by atoms with Crippen LogP contribution in [0.5, 0.6) is 0 Å². The predicted molar refractivity (Wildman–Crippen MR) is 51.1 cm³/mol. The van der Waals surface area contributed by atoms with Crippen molar-refractivity contribution in [2.24, 2.45) is 0 Å². The van der Waals surface area contributed by atoms with Gasteiger partial charge in [0.15, 0.2) is 0 Å². The molecule has 0 saturated heterocycles. The van der Waals surface area contributed by atoms with E-state index in [9.17, 15) is 0 Å². The summed E-state index contributed by atoms with van der Waals surface area (Å²) in [6.45, 7) is 0. The van der Waals surface area contributed by atoms with Crippen molar-refractivity contribution in [2.45, 2.75) is 0 Å². The first-order chi connectivity index (χ1) is 6.86. The number of aromatic nitrogens is 5. The summed E-state index contributed by atoms with van der Waals surface area (Å²) in [5.74, 6) is 0. The van der Waals surface area contributed by atoms with Crippen LogP contribution in [0.4, 0.5) is 0 Å². The third-order valence-electron chi connectivity index (χ3n) is 2.04. The molecular weight excluding hydrogens is 202 g/mol. The van der Waals surface area contributed by atoms with Gasteiger partial charge in [0.1, 0.15) is 0 Å². The van der Waals surface area contributed by atoms with Crippen molar-refractivity contribution < 1.29 is 0 Å². The second-order valence-electron chi connectivity index (χ2n) is 2.84. The summed E-state index contributed by atoms with van der Waals surface area (Å²) in [5, 5.41) is 17.5. The smallest absolute Gasteiger partial charge is 0.155 e. The molecule has 0 aliphatic rings. The van der Waals surface area contributed by atoms with Crippen LogP contribution in [0.25, 0.3) is 16.4 Å². The van der Waals surface area contributed by atoms with E-state index < -0.39 is 0 Å². The van der Waals surface area contributed by atoms with E-state index in [2.05, 4.69) is 20.6 Å². The first kappa shape index (κ1) is 7.64. The van der Waals surface area contributed by atoms with Crippen molar-refractivity contribution >= 4 is 28.0 Å². The van der Waals surface area contributed by atoms with Gasteiger partial charge in [0.2, 0.25) is 5.65 Å². The van der Waals surface area contributed by atoms with E-state index >= 15 is 0 Å². The topological polar surface area (TPSA) is 56.0 Å². The molecule has 0 fully saturated rings. The fourth-order valence-corrected chi connectivity index (χ4v) is 1.62. The zero-order valence-electron chi connectivity index (χ0n) is 6.92. The van der Waals surface area contributed by atoms with Crippen LogP contribution in [0.15, 0.2) is 24.4 Å². The lowest BCUT2D eigenvalue weighted by Crippen LogP contribution is -1.93. The van der Waals surface area contributed by atoms with E-state index in [1.165, 1.54) is 4.63 Å². The van der Waals surface area contributed by atoms with Gasteiger partial charge in [0.25, 0.3) is 0 Å². The van der Waals surface area contributed by atoms with E-state index in [1.807, 2.05) is 18.2 Å². The minimum Gasteiger partial charge on any atom is -0.155 e. The third-order valence-corrected chi connectivity index (χ3v) is 2.37. The number of benzene rings is 1. The van der Waals surface area contributed by atoms with Gasteiger partial charge in [0.05, 0.1) is 11.2 Å². The lowest BCUT2D eigenvalue weighted by atomic mass is 10.2. The Morgan fingerprint density at radius 3 is 3.07 bits per heavy atom. The van der Waals surface area contributed by atoms with Gasteiger partial charge in [0, 0.05) is 10.8 Å². The lowest BCUT2D eigenvalue weighted by molar-refractivity contribution is 0.736. The van der Waals surface area contributed by atoms with Crippen LogP contribution in [0, 0.1) is 0 Å². The van der Waals surface area contributed by atoms with E-state index in [4.69, 9.17) is 11.6 Å². The molecule has 0 saturated carbocycles. The Kier molecular flexibility index (Phi) is 1.43. The molecular formula is C8H4ClN5. The number of nitrogens with zero attached hydrogens (tertiary/aromatic N) is 5. The zero-order chi connectivity index (χ0) is 9.54. The first-order valence-electron chi connectivity index (χ1n) is 3.98. The Labute approximate surface area is 83.3 Å². The highest BCUT2D eigenvalue weighted by Gasteiger charge is 2.06. The van der Waals surface area contributed by atoms with Gasteiger partial charge in [-0.25, -0.2) is 0 Å². The normalized spacial score (nSPS) is 11.2. The van der Waals surface area contributed by atoms with Crippen molar-refractivity contribution in [2.75, 3.05) is 0 Å². The molecule has 2 aromatic heterocycles. The molecule has 0 aliphatic carbocycles. The van der Waals surface area contributed by atoms with Gasteiger partial charge in [-0.1, -0.05) is 23.7 Å². The molecule has 0 N–H and O–H groups in total. The Balaban J connectivity index is 2.64. The summed E-state index contributed by atoms with van der Waals surface area (Å²) in [6, 6.07) is 5.58. The fraction of sp³-hybridized carbons (Fsp3) is 0. The Morgan fingerprint density at radius 1 is 1.21 bits per heavy atom. The summed E-state index contributed by atoms with van der Waals surface area (Å²) in [6.07, 6.45) is 1.65. The number of rotatable bonds is 0. The SMILES string of the molecule is Clc1cccc2c1cnn1nnnc21. The number of halogens is 1. The number of tetrazole rings is 1. The third kappa shape index (κ3) is 0.898. The summed E-state index contributed by atoms with van der Waals surface area (Å²) in [7, 11) is 0. The van der Waals surface area contributed by atoms with E-state index in [-0.39, 0.29) is 0 Å². The molecule has 0 spiro atoms. The van der Waals surface area contributed by atoms with Crippen LogP contribution in [0.1, 0.15) is 0 Å². The van der Waals surface area contributed by atoms with Gasteiger partial charge in [-0.15, -0.1) is 9.73 Å². The van der Waals surface area contributed by atoms with Gasteiger partial charge >= 0.3 is 0 Å². The molecule has 0 bridgehead atoms. The summed E-state index contributed by atoms with van der Waals surface area (Å²) in [5.41, 5.74) is 0.616. The summed E-state index contributed by atoms with van der Waals surface area (Å²) in [4.78, 5) is 0. The molecule has 68 valence electrons. The highest BCUT2D eigenvalue weighted by atomic mass is 35.5. The largest absolute Gasteiger partial charge is 0.207 e. The van der Waals surface area contributed by atoms with Crippen molar-refractivity contribution in [3.63, 3.8) is 0 Å². The average Bonchev–Trinajstić information content (AvgIpc) is 2.66. The first-order valence-corrected chi connectivity index (χ1v) is 4.36. The number of hydrogen-bond acceptors (Lipinski definition) is 4. The van der Waals surface area contributed by atoms with E-state index in [1.54, 1.807) is 6.20 Å². The second kappa shape index (κ2) is 2.62. The number of hydrogen-bond donors (Lipinski definition) is 0. The molecule has 0 amide bonds. The number of fused-ring (bicyclic) bond motifs is 3. The fourth-order valence-electron chi connectivity index (χ4n) is 1.40. The standard InChI is InChI=1S/C8H4ClN5/c9-7-3-1-2-5-6(7)4-10-14-8(5)11-12-13-14/h1-4H. The molecule has 1 aromatic carbocycles. The van der Waals surface area contributed by atoms with Gasteiger partial charge < -0.3 is 0 Å². The van der Waals surface area contributed by atoms with Crippen LogP contribution in [-0.2, 0) is 0 Å². The van der Waals surface area contributed by atoms with Crippen LogP contribution in [-0.4, -0.2) is 25.3 Å². The molecule has 0 radical (unpaired) electrons. The predicted octanol–water partition coefficient (Wildman–Crippen LogP) is 1.33. The quantitative estimate of drug-likeness (QED) is 0.556. The monoisotopic (exact) mass is 205 g/mol. The maximum absolute atomic E-state index is 6.01. The molecule has 5 nitrogen and oxygen atoms in total. The van der Waals surface area contributed by atoms with Crippen molar-refractivity contribution in [3.05, 3.63) is 29.4 Å². The molecule has 0 atom stereocenters. The minimum atomic E-state index is 0.616. The van der Waals surface area contributed by atoms with Crippen molar-refractivity contribution in [1.82, 2.24) is 25.3 Å². The summed E-state index contributed by atoms with van der Waals surface area (Å²) >= 11 is 6.01. The molecule has 6 heteroatoms. The molecule has 3 aromatic rings. The highest BCUT2D eigenvalue weighted by molar-refractivity contribution is 6.35. The Bertz CT molecular complexity index is 617. The molecule has 2 heterocycles. The molecule has 0 unspecified atom stereocenters. The maximum Gasteiger partial charge on any atom is 0.207 e. The lowest BCUT2D eigenvalue weighted by Gasteiger charge is -1.98. The van der Waals surface area contributed by atoms with Crippen LogP contribution in [0.2, 0.25) is 5.02 Å². The second-order valence-corrected chi connectivity index (χ2v) is 3.24. The highest BCUT2D eigenvalue weighted by Crippen LogP contribution is 2.23. The van der Waals surface area contributed by atoms with Gasteiger partial charge in [-0.3, -0.25) is 0 Å². The van der Waals surface area contributed by atoms with Crippen molar-refractivity contribution in [1.29, 1.82) is 0 Å². The van der Waals surface area contributed by atoms with Gasteiger partial charge in [-0.05, 0) is 16.5 Å². The maximum atomic E-state index is 6.01. The van der Waals surface area contributed by atoms with Crippen LogP contribution < -0.4 is 0 Å². The minimum absolute atomic E-state index is 0.616. The Morgan fingerprint density at radius 2 is 2.14 bits per heavy atom.